The summed E-state index contributed by atoms with van der Waals surface area (Å²) < 4.78 is 10.4. The summed E-state index contributed by atoms with van der Waals surface area (Å²) in [5, 5.41) is 3.42. The highest BCUT2D eigenvalue weighted by Crippen LogP contribution is 2.23. The van der Waals surface area contributed by atoms with Gasteiger partial charge in [-0.05, 0) is 19.9 Å². The van der Waals surface area contributed by atoms with Gasteiger partial charge in [0.15, 0.2) is 0 Å². The van der Waals surface area contributed by atoms with Crippen LogP contribution in [0.25, 0.3) is 0 Å². The highest BCUT2D eigenvalue weighted by Gasteiger charge is 2.30. The number of ether oxygens (including phenoxy) is 2. The first-order valence-corrected chi connectivity index (χ1v) is 6.22. The molecule has 4 nitrogen and oxygen atoms in total. The molecular formula is C12H26N2O2. The molecule has 1 fully saturated rings. The first-order valence-electron chi connectivity index (χ1n) is 6.22. The van der Waals surface area contributed by atoms with E-state index in [0.717, 1.165) is 26.3 Å². The third-order valence-corrected chi connectivity index (χ3v) is 3.48. The van der Waals surface area contributed by atoms with Gasteiger partial charge in [-0.25, -0.2) is 0 Å². The van der Waals surface area contributed by atoms with E-state index in [1.807, 2.05) is 0 Å². The molecule has 96 valence electrons. The van der Waals surface area contributed by atoms with Crippen molar-refractivity contribution in [3.8, 4) is 0 Å². The summed E-state index contributed by atoms with van der Waals surface area (Å²) in [6.07, 6.45) is 3.91. The van der Waals surface area contributed by atoms with Crippen molar-refractivity contribution in [3.63, 3.8) is 0 Å². The number of nitrogens with zero attached hydrogens (tertiary/aromatic N) is 1. The van der Waals surface area contributed by atoms with Crippen LogP contribution < -0.4 is 5.32 Å². The Balaban J connectivity index is 2.45. The fourth-order valence-electron chi connectivity index (χ4n) is 2.57. The van der Waals surface area contributed by atoms with E-state index in [1.165, 1.54) is 19.3 Å². The maximum Gasteiger partial charge on any atom is 0.0589 e. The number of likely N-dealkylation sites (N-methyl/N-ethyl adjacent to an activating group) is 1. The number of rotatable bonds is 8. The molecular weight excluding hydrogens is 204 g/mol. The second-order valence-electron chi connectivity index (χ2n) is 4.41. The Morgan fingerprint density at radius 1 is 1.12 bits per heavy atom. The van der Waals surface area contributed by atoms with Crippen molar-refractivity contribution >= 4 is 0 Å². The van der Waals surface area contributed by atoms with E-state index in [9.17, 15) is 0 Å². The molecule has 2 atom stereocenters. The van der Waals surface area contributed by atoms with Gasteiger partial charge in [-0.15, -0.1) is 0 Å². The van der Waals surface area contributed by atoms with E-state index in [2.05, 4.69) is 17.3 Å². The molecule has 0 aliphatic heterocycles. The Labute approximate surface area is 99.3 Å². The summed E-state index contributed by atoms with van der Waals surface area (Å²) in [5.41, 5.74) is 0. The normalized spacial score (nSPS) is 25.5. The molecule has 0 spiro atoms. The zero-order valence-electron chi connectivity index (χ0n) is 10.9. The summed E-state index contributed by atoms with van der Waals surface area (Å²) in [4.78, 5) is 2.50. The molecule has 1 aliphatic rings. The van der Waals surface area contributed by atoms with Crippen molar-refractivity contribution in [1.82, 2.24) is 10.2 Å². The van der Waals surface area contributed by atoms with Crippen LogP contribution in [-0.2, 0) is 9.47 Å². The van der Waals surface area contributed by atoms with Crippen LogP contribution in [0.2, 0.25) is 0 Å². The van der Waals surface area contributed by atoms with Crippen LogP contribution in [-0.4, -0.2) is 64.6 Å². The van der Waals surface area contributed by atoms with Gasteiger partial charge < -0.3 is 14.8 Å². The molecule has 0 radical (unpaired) electrons. The molecule has 0 amide bonds. The average Bonchev–Trinajstić information content (AvgIpc) is 2.77. The van der Waals surface area contributed by atoms with Gasteiger partial charge in [0.1, 0.15) is 0 Å². The standard InChI is InChI=1S/C12H26N2O2/c1-13-11-5-4-6-12(11)14(7-9-15-2)8-10-16-3/h11-13H,4-10H2,1-3H3. The van der Waals surface area contributed by atoms with E-state index in [1.54, 1.807) is 14.2 Å². The van der Waals surface area contributed by atoms with Crippen molar-refractivity contribution < 1.29 is 9.47 Å². The smallest absolute Gasteiger partial charge is 0.0589 e. The predicted octanol–water partition coefficient (Wildman–Crippen LogP) is 0.722. The molecule has 1 aliphatic carbocycles. The van der Waals surface area contributed by atoms with Gasteiger partial charge in [0, 0.05) is 39.4 Å². The SMILES string of the molecule is CNC1CCCC1N(CCOC)CCOC. The molecule has 1 rings (SSSR count). The van der Waals surface area contributed by atoms with Crippen LogP contribution in [0, 0.1) is 0 Å². The molecule has 0 aromatic carbocycles. The van der Waals surface area contributed by atoms with E-state index < -0.39 is 0 Å². The van der Waals surface area contributed by atoms with Crippen molar-refractivity contribution in [2.45, 2.75) is 31.3 Å². The van der Waals surface area contributed by atoms with Crippen molar-refractivity contribution in [2.75, 3.05) is 47.6 Å². The molecule has 0 aromatic rings. The Kier molecular flexibility index (Phi) is 6.96. The predicted molar refractivity (Wildman–Crippen MR) is 65.8 cm³/mol. The minimum atomic E-state index is 0.633. The number of hydrogen-bond acceptors (Lipinski definition) is 4. The largest absolute Gasteiger partial charge is 0.383 e. The molecule has 4 heteroatoms. The van der Waals surface area contributed by atoms with Crippen molar-refractivity contribution in [1.29, 1.82) is 0 Å². The molecule has 0 heterocycles. The lowest BCUT2D eigenvalue weighted by Gasteiger charge is -2.32. The molecule has 2 unspecified atom stereocenters. The summed E-state index contributed by atoms with van der Waals surface area (Å²) in [5.74, 6) is 0. The van der Waals surface area contributed by atoms with Crippen LogP contribution in [0.5, 0.6) is 0 Å². The van der Waals surface area contributed by atoms with Crippen molar-refractivity contribution in [2.24, 2.45) is 0 Å². The first-order chi connectivity index (χ1) is 7.83. The van der Waals surface area contributed by atoms with Gasteiger partial charge in [0.2, 0.25) is 0 Å². The second-order valence-corrected chi connectivity index (χ2v) is 4.41. The molecule has 0 aromatic heterocycles. The Morgan fingerprint density at radius 2 is 1.75 bits per heavy atom. The monoisotopic (exact) mass is 230 g/mol. The van der Waals surface area contributed by atoms with Gasteiger partial charge >= 0.3 is 0 Å². The van der Waals surface area contributed by atoms with Crippen LogP contribution in [0.1, 0.15) is 19.3 Å². The summed E-state index contributed by atoms with van der Waals surface area (Å²) in [7, 11) is 5.59. The minimum absolute atomic E-state index is 0.633. The first kappa shape index (κ1) is 13.9. The van der Waals surface area contributed by atoms with Crippen molar-refractivity contribution in [3.05, 3.63) is 0 Å². The van der Waals surface area contributed by atoms with Crippen LogP contribution in [0.3, 0.4) is 0 Å². The fraction of sp³-hybridized carbons (Fsp3) is 1.00. The zero-order chi connectivity index (χ0) is 11.8. The van der Waals surface area contributed by atoms with Gasteiger partial charge in [0.25, 0.3) is 0 Å². The fourth-order valence-corrected chi connectivity index (χ4v) is 2.57. The number of nitrogens with one attached hydrogen (secondary N) is 1. The summed E-state index contributed by atoms with van der Waals surface area (Å²) in [6, 6.07) is 1.28. The topological polar surface area (TPSA) is 33.7 Å². The van der Waals surface area contributed by atoms with Crippen LogP contribution in [0.4, 0.5) is 0 Å². The number of hydrogen-bond donors (Lipinski definition) is 1. The zero-order valence-corrected chi connectivity index (χ0v) is 10.9. The lowest BCUT2D eigenvalue weighted by molar-refractivity contribution is 0.0810. The maximum absolute atomic E-state index is 5.18. The van der Waals surface area contributed by atoms with Crippen LogP contribution in [0.15, 0.2) is 0 Å². The third kappa shape index (κ3) is 4.01. The molecule has 0 bridgehead atoms. The third-order valence-electron chi connectivity index (χ3n) is 3.48. The molecule has 0 saturated heterocycles. The quantitative estimate of drug-likeness (QED) is 0.666. The second kappa shape index (κ2) is 8.01. The van der Waals surface area contributed by atoms with Crippen LogP contribution >= 0.6 is 0 Å². The summed E-state index contributed by atoms with van der Waals surface area (Å²) >= 11 is 0. The molecule has 1 N–H and O–H groups in total. The lowest BCUT2D eigenvalue weighted by atomic mass is 10.1. The number of methoxy groups -OCH3 is 2. The van der Waals surface area contributed by atoms with Gasteiger partial charge in [-0.3, -0.25) is 4.90 Å². The minimum Gasteiger partial charge on any atom is -0.383 e. The van der Waals surface area contributed by atoms with E-state index in [0.29, 0.717) is 12.1 Å². The Bertz CT molecular complexity index is 170. The van der Waals surface area contributed by atoms with E-state index >= 15 is 0 Å². The molecule has 16 heavy (non-hydrogen) atoms. The van der Waals surface area contributed by atoms with Gasteiger partial charge in [-0.2, -0.15) is 0 Å². The Hall–Kier alpha value is -0.160. The highest BCUT2D eigenvalue weighted by molar-refractivity contribution is 4.89. The van der Waals surface area contributed by atoms with E-state index in [4.69, 9.17) is 9.47 Å². The van der Waals surface area contributed by atoms with E-state index in [-0.39, 0.29) is 0 Å². The average molecular weight is 230 g/mol. The van der Waals surface area contributed by atoms with Gasteiger partial charge in [0.05, 0.1) is 13.2 Å². The lowest BCUT2D eigenvalue weighted by Crippen LogP contribution is -2.48. The highest BCUT2D eigenvalue weighted by atomic mass is 16.5. The maximum atomic E-state index is 5.18. The molecule has 1 saturated carbocycles. The van der Waals surface area contributed by atoms with Gasteiger partial charge in [-0.1, -0.05) is 6.42 Å². The Morgan fingerprint density at radius 3 is 2.25 bits per heavy atom. The summed E-state index contributed by atoms with van der Waals surface area (Å²) in [6.45, 7) is 3.61.